The van der Waals surface area contributed by atoms with Gasteiger partial charge >= 0.3 is 0 Å². The summed E-state index contributed by atoms with van der Waals surface area (Å²) in [7, 11) is 0. The second kappa shape index (κ2) is 8.41. The van der Waals surface area contributed by atoms with Crippen LogP contribution in [0.4, 0.5) is 4.39 Å². The summed E-state index contributed by atoms with van der Waals surface area (Å²) in [5.74, 6) is -0.0299. The summed E-state index contributed by atoms with van der Waals surface area (Å²) < 4.78 is 12.9. The number of benzene rings is 1. The highest BCUT2D eigenvalue weighted by atomic mass is 19.1. The molecule has 128 valence electrons. The Morgan fingerprint density at radius 3 is 2.52 bits per heavy atom. The van der Waals surface area contributed by atoms with Crippen molar-refractivity contribution in [1.82, 2.24) is 10.2 Å². The molecular formula is C18H28FN3O. The number of amides is 1. The summed E-state index contributed by atoms with van der Waals surface area (Å²) in [4.78, 5) is 14.5. The van der Waals surface area contributed by atoms with E-state index in [1.165, 1.54) is 12.1 Å². The third-order valence-electron chi connectivity index (χ3n) is 4.81. The summed E-state index contributed by atoms with van der Waals surface area (Å²) in [6.07, 6.45) is 2.77. The average Bonchev–Trinajstić information content (AvgIpc) is 2.57. The highest BCUT2D eigenvalue weighted by Gasteiger charge is 2.25. The van der Waals surface area contributed by atoms with Gasteiger partial charge in [0, 0.05) is 25.7 Å². The first-order valence-electron chi connectivity index (χ1n) is 8.52. The van der Waals surface area contributed by atoms with E-state index in [1.807, 2.05) is 26.0 Å². The van der Waals surface area contributed by atoms with Crippen molar-refractivity contribution in [3.8, 4) is 0 Å². The van der Waals surface area contributed by atoms with Crippen molar-refractivity contribution in [2.24, 2.45) is 11.7 Å². The maximum absolute atomic E-state index is 12.9. The normalized spacial score (nSPS) is 19.3. The number of carbonyl (C=O) groups is 1. The number of hydrogen-bond donors (Lipinski definition) is 2. The lowest BCUT2D eigenvalue weighted by Crippen LogP contribution is -2.51. The maximum Gasteiger partial charge on any atom is 0.237 e. The van der Waals surface area contributed by atoms with Crippen molar-refractivity contribution in [3.05, 3.63) is 35.6 Å². The fraction of sp³-hybridized carbons (Fsp3) is 0.611. The highest BCUT2D eigenvalue weighted by Crippen LogP contribution is 2.15. The Labute approximate surface area is 138 Å². The molecule has 5 heteroatoms. The van der Waals surface area contributed by atoms with Gasteiger partial charge in [0.1, 0.15) is 5.82 Å². The van der Waals surface area contributed by atoms with Crippen molar-refractivity contribution in [1.29, 1.82) is 0 Å². The summed E-state index contributed by atoms with van der Waals surface area (Å²) >= 11 is 0. The molecule has 1 fully saturated rings. The number of carbonyl (C=O) groups excluding carboxylic acids is 1. The molecule has 1 aliphatic heterocycles. The minimum atomic E-state index is -0.419. The molecule has 0 saturated carbocycles. The van der Waals surface area contributed by atoms with Crippen LogP contribution < -0.4 is 11.1 Å². The van der Waals surface area contributed by atoms with E-state index in [4.69, 9.17) is 5.73 Å². The second-order valence-corrected chi connectivity index (χ2v) is 6.60. The zero-order valence-corrected chi connectivity index (χ0v) is 14.1. The predicted molar refractivity (Wildman–Crippen MR) is 90.3 cm³/mol. The summed E-state index contributed by atoms with van der Waals surface area (Å²) in [5.41, 5.74) is 7.10. The lowest BCUT2D eigenvalue weighted by atomic mass is 9.98. The van der Waals surface area contributed by atoms with Crippen LogP contribution in [0.5, 0.6) is 0 Å². The number of nitrogens with one attached hydrogen (secondary N) is 1. The molecule has 0 aliphatic carbocycles. The minimum Gasteiger partial charge on any atom is -0.352 e. The number of rotatable bonds is 6. The second-order valence-electron chi connectivity index (χ2n) is 6.60. The van der Waals surface area contributed by atoms with E-state index in [0.717, 1.165) is 44.5 Å². The van der Waals surface area contributed by atoms with Gasteiger partial charge in [-0.25, -0.2) is 4.39 Å². The Kier molecular flexibility index (Phi) is 6.54. The van der Waals surface area contributed by atoms with Gasteiger partial charge in [-0.15, -0.1) is 0 Å². The van der Waals surface area contributed by atoms with E-state index in [-0.39, 0.29) is 23.7 Å². The monoisotopic (exact) mass is 321 g/mol. The van der Waals surface area contributed by atoms with Crippen LogP contribution in [0.2, 0.25) is 0 Å². The molecule has 1 aromatic rings. The quantitative estimate of drug-likeness (QED) is 0.845. The van der Waals surface area contributed by atoms with E-state index in [2.05, 4.69) is 10.2 Å². The molecule has 1 aromatic carbocycles. The Bertz CT molecular complexity index is 497. The van der Waals surface area contributed by atoms with Gasteiger partial charge in [-0.05, 0) is 36.5 Å². The van der Waals surface area contributed by atoms with E-state index in [0.29, 0.717) is 0 Å². The third kappa shape index (κ3) is 5.29. The zero-order chi connectivity index (χ0) is 16.8. The number of likely N-dealkylation sites (tertiary alicyclic amines) is 1. The fourth-order valence-corrected chi connectivity index (χ4v) is 2.89. The molecule has 0 spiro atoms. The van der Waals surface area contributed by atoms with Crippen LogP contribution >= 0.6 is 0 Å². The van der Waals surface area contributed by atoms with Gasteiger partial charge in [-0.1, -0.05) is 32.4 Å². The van der Waals surface area contributed by atoms with Crippen molar-refractivity contribution < 1.29 is 9.18 Å². The smallest absolute Gasteiger partial charge is 0.237 e. The van der Waals surface area contributed by atoms with Crippen molar-refractivity contribution in [2.45, 2.75) is 51.7 Å². The van der Waals surface area contributed by atoms with Gasteiger partial charge in [0.15, 0.2) is 0 Å². The molecule has 1 heterocycles. The average molecular weight is 321 g/mol. The molecule has 23 heavy (non-hydrogen) atoms. The third-order valence-corrected chi connectivity index (χ3v) is 4.81. The fourth-order valence-electron chi connectivity index (χ4n) is 2.89. The molecule has 0 radical (unpaired) electrons. The topological polar surface area (TPSA) is 58.4 Å². The molecule has 0 bridgehead atoms. The van der Waals surface area contributed by atoms with Crippen LogP contribution in [-0.2, 0) is 11.3 Å². The van der Waals surface area contributed by atoms with E-state index in [1.54, 1.807) is 0 Å². The number of nitrogens with two attached hydrogens (primary N) is 1. The first kappa shape index (κ1) is 17.9. The minimum absolute atomic E-state index is 0.0312. The molecular weight excluding hydrogens is 293 g/mol. The Balaban J connectivity index is 1.75. The molecule has 2 rings (SSSR count). The Hall–Kier alpha value is -1.46. The van der Waals surface area contributed by atoms with Crippen LogP contribution in [0.15, 0.2) is 24.3 Å². The van der Waals surface area contributed by atoms with Gasteiger partial charge < -0.3 is 11.1 Å². The lowest BCUT2D eigenvalue weighted by Gasteiger charge is -2.33. The summed E-state index contributed by atoms with van der Waals surface area (Å²) in [6.45, 7) is 6.75. The number of halogens is 1. The van der Waals surface area contributed by atoms with E-state index >= 15 is 0 Å². The molecule has 4 nitrogen and oxygen atoms in total. The molecule has 1 saturated heterocycles. The van der Waals surface area contributed by atoms with E-state index < -0.39 is 6.04 Å². The van der Waals surface area contributed by atoms with Gasteiger partial charge in [0.05, 0.1) is 6.04 Å². The molecule has 1 aliphatic rings. The van der Waals surface area contributed by atoms with Crippen molar-refractivity contribution >= 4 is 5.91 Å². The highest BCUT2D eigenvalue weighted by molar-refractivity contribution is 5.82. The SMILES string of the molecule is CCC(C)C(N)C(=O)NC1CCN(Cc2ccc(F)cc2)CC1. The molecule has 1 amide bonds. The zero-order valence-electron chi connectivity index (χ0n) is 14.1. The van der Waals surface area contributed by atoms with Gasteiger partial charge in [0.25, 0.3) is 0 Å². The first-order valence-corrected chi connectivity index (χ1v) is 8.52. The first-order chi connectivity index (χ1) is 11.0. The van der Waals surface area contributed by atoms with E-state index in [9.17, 15) is 9.18 Å². The lowest BCUT2D eigenvalue weighted by molar-refractivity contribution is -0.124. The molecule has 2 atom stereocenters. The van der Waals surface area contributed by atoms with Crippen molar-refractivity contribution in [3.63, 3.8) is 0 Å². The van der Waals surface area contributed by atoms with Crippen LogP contribution in [0, 0.1) is 11.7 Å². The van der Waals surface area contributed by atoms with Gasteiger partial charge in [0.2, 0.25) is 5.91 Å². The summed E-state index contributed by atoms with van der Waals surface area (Å²) in [6, 6.07) is 6.44. The Morgan fingerprint density at radius 1 is 1.35 bits per heavy atom. The molecule has 2 unspecified atom stereocenters. The number of piperidine rings is 1. The van der Waals surface area contributed by atoms with Crippen LogP contribution in [-0.4, -0.2) is 36.0 Å². The van der Waals surface area contributed by atoms with Crippen LogP contribution in [0.25, 0.3) is 0 Å². The van der Waals surface area contributed by atoms with Crippen molar-refractivity contribution in [2.75, 3.05) is 13.1 Å². The van der Waals surface area contributed by atoms with Crippen LogP contribution in [0.3, 0.4) is 0 Å². The molecule has 3 N–H and O–H groups in total. The maximum atomic E-state index is 12.9. The predicted octanol–water partition coefficient (Wildman–Crippen LogP) is 2.28. The molecule has 0 aromatic heterocycles. The van der Waals surface area contributed by atoms with Gasteiger partial charge in [-0.3, -0.25) is 9.69 Å². The largest absolute Gasteiger partial charge is 0.352 e. The number of hydrogen-bond acceptors (Lipinski definition) is 3. The Morgan fingerprint density at radius 2 is 1.96 bits per heavy atom. The van der Waals surface area contributed by atoms with Crippen LogP contribution in [0.1, 0.15) is 38.7 Å². The standard InChI is InChI=1S/C18H28FN3O/c1-3-13(2)17(20)18(23)21-16-8-10-22(11-9-16)12-14-4-6-15(19)7-5-14/h4-7,13,16-17H,3,8-12,20H2,1-2H3,(H,21,23). The summed E-state index contributed by atoms with van der Waals surface area (Å²) in [5, 5.41) is 3.09. The number of nitrogens with zero attached hydrogens (tertiary/aromatic N) is 1. The van der Waals surface area contributed by atoms with Gasteiger partial charge in [-0.2, -0.15) is 0 Å².